The van der Waals surface area contributed by atoms with Crippen molar-refractivity contribution in [1.29, 1.82) is 0 Å². The molecular formula is C18H20N4O9S. The molecular weight excluding hydrogens is 448 g/mol. The van der Waals surface area contributed by atoms with E-state index in [-0.39, 0.29) is 4.64 Å². The third kappa shape index (κ3) is 4.60. The Morgan fingerprint density at radius 3 is 2.34 bits per heavy atom. The van der Waals surface area contributed by atoms with E-state index in [9.17, 15) is 19.2 Å². The van der Waals surface area contributed by atoms with E-state index < -0.39 is 54.5 Å². The molecule has 2 aromatic heterocycles. The molecule has 0 aromatic carbocycles. The number of fused-ring (bicyclic) bond motifs is 1. The van der Waals surface area contributed by atoms with Gasteiger partial charge in [0.25, 0.3) is 0 Å². The molecule has 13 nitrogen and oxygen atoms in total. The molecule has 1 aliphatic rings. The number of nitrogens with one attached hydrogen (secondary N) is 1. The van der Waals surface area contributed by atoms with Crippen LogP contribution in [0.1, 0.15) is 27.0 Å². The number of methoxy groups -OCH3 is 1. The summed E-state index contributed by atoms with van der Waals surface area (Å²) < 4.78 is 28.2. The predicted molar refractivity (Wildman–Crippen MR) is 105 cm³/mol. The second-order valence-electron chi connectivity index (χ2n) is 6.75. The highest BCUT2D eigenvalue weighted by Crippen LogP contribution is 2.37. The number of carbonyl (C=O) groups is 4. The number of rotatable bonds is 6. The number of aromatic amines is 1. The highest BCUT2D eigenvalue weighted by Gasteiger charge is 2.56. The lowest BCUT2D eigenvalue weighted by molar-refractivity contribution is -0.183. The average molecular weight is 468 g/mol. The molecule has 172 valence electrons. The molecule has 1 fully saturated rings. The van der Waals surface area contributed by atoms with Gasteiger partial charge in [0.15, 0.2) is 23.1 Å². The number of carbonyl (C=O) groups excluding carboxylic acids is 4. The smallest absolute Gasteiger partial charge is 0.350 e. The lowest BCUT2D eigenvalue weighted by Crippen LogP contribution is -2.48. The van der Waals surface area contributed by atoms with Crippen LogP contribution in [-0.4, -0.2) is 74.9 Å². The Labute approximate surface area is 186 Å². The molecule has 32 heavy (non-hydrogen) atoms. The number of hydrogen-bond donors (Lipinski definition) is 1. The van der Waals surface area contributed by atoms with Gasteiger partial charge in [-0.15, -0.1) is 0 Å². The Bertz CT molecular complexity index is 1110. The van der Waals surface area contributed by atoms with Crippen molar-refractivity contribution >= 4 is 47.3 Å². The molecule has 5 atom stereocenters. The molecule has 0 radical (unpaired) electrons. The van der Waals surface area contributed by atoms with Gasteiger partial charge in [0.2, 0.25) is 6.10 Å². The maximum absolute atomic E-state index is 12.4. The van der Waals surface area contributed by atoms with Crippen molar-refractivity contribution in [1.82, 2.24) is 19.5 Å². The van der Waals surface area contributed by atoms with E-state index in [0.29, 0.717) is 11.2 Å². The number of aromatic nitrogens is 4. The lowest BCUT2D eigenvalue weighted by Gasteiger charge is -2.26. The normalized spacial score (nSPS) is 23.4. The van der Waals surface area contributed by atoms with Crippen LogP contribution in [-0.2, 0) is 42.9 Å². The highest BCUT2D eigenvalue weighted by atomic mass is 32.1. The zero-order chi connectivity index (χ0) is 23.6. The van der Waals surface area contributed by atoms with E-state index in [2.05, 4.69) is 15.0 Å². The highest BCUT2D eigenvalue weighted by molar-refractivity contribution is 7.71. The summed E-state index contributed by atoms with van der Waals surface area (Å²) in [7, 11) is 1.09. The topological polar surface area (TPSA) is 161 Å². The van der Waals surface area contributed by atoms with E-state index >= 15 is 0 Å². The van der Waals surface area contributed by atoms with Gasteiger partial charge in [0.1, 0.15) is 17.3 Å². The first-order chi connectivity index (χ1) is 15.1. The molecule has 0 unspecified atom stereocenters. The van der Waals surface area contributed by atoms with E-state index in [1.165, 1.54) is 17.2 Å². The Morgan fingerprint density at radius 2 is 1.75 bits per heavy atom. The maximum Gasteiger partial charge on any atom is 0.350 e. The second-order valence-corrected chi connectivity index (χ2v) is 7.14. The number of hydrogen-bond acceptors (Lipinski definition) is 12. The molecule has 0 spiro atoms. The summed E-state index contributed by atoms with van der Waals surface area (Å²) in [5, 5.41) is 0. The number of nitrogens with zero attached hydrogens (tertiary/aromatic N) is 3. The molecule has 1 N–H and O–H groups in total. The van der Waals surface area contributed by atoms with Gasteiger partial charge in [-0.25, -0.2) is 14.8 Å². The SMILES string of the molecule is COC(=O)[C@@H](OC(C)=O)[C@H]1O[C@@H](n2cnc3c(=S)nc[nH]c32)[C@H](OC(C)=O)[C@H]1OC(C)=O. The largest absolute Gasteiger partial charge is 0.466 e. The molecule has 3 rings (SSSR count). The number of ether oxygens (including phenoxy) is 5. The van der Waals surface area contributed by atoms with Gasteiger partial charge in [-0.1, -0.05) is 12.2 Å². The van der Waals surface area contributed by atoms with Gasteiger partial charge in [0.05, 0.1) is 19.8 Å². The molecule has 1 saturated heterocycles. The van der Waals surface area contributed by atoms with Crippen molar-refractivity contribution in [3.8, 4) is 0 Å². The summed E-state index contributed by atoms with van der Waals surface area (Å²) in [6.45, 7) is 3.37. The molecule has 2 aromatic rings. The molecule has 1 aliphatic heterocycles. The summed E-state index contributed by atoms with van der Waals surface area (Å²) >= 11 is 5.16. The first-order valence-corrected chi connectivity index (χ1v) is 9.70. The Kier molecular flexibility index (Phi) is 6.84. The van der Waals surface area contributed by atoms with Gasteiger partial charge in [-0.05, 0) is 0 Å². The Balaban J connectivity index is 2.13. The van der Waals surface area contributed by atoms with Crippen molar-refractivity contribution in [3.05, 3.63) is 17.3 Å². The van der Waals surface area contributed by atoms with Crippen LogP contribution in [0.3, 0.4) is 0 Å². The standard InChI is InChI=1S/C18H20N4O9S/c1-7(23)28-11-12(14(18(26)27-4)30-9(3)25)31-17(13(11)29-8(2)24)22-6-21-10-15(22)19-5-20-16(10)32/h5-6,11-14,17H,1-4H3,(H,19,20,32)/t11-,12-,13+,14-,17+/m0/s1. The van der Waals surface area contributed by atoms with Crippen LogP contribution in [0.25, 0.3) is 11.2 Å². The van der Waals surface area contributed by atoms with Crippen molar-refractivity contribution < 1.29 is 42.9 Å². The predicted octanol–water partition coefficient (Wildman–Crippen LogP) is 0.354. The van der Waals surface area contributed by atoms with Crippen LogP contribution in [0, 0.1) is 4.64 Å². The summed E-state index contributed by atoms with van der Waals surface area (Å²) in [6, 6.07) is 0. The summed E-state index contributed by atoms with van der Waals surface area (Å²) in [5.74, 6) is -3.21. The van der Waals surface area contributed by atoms with Crippen molar-refractivity contribution in [2.24, 2.45) is 0 Å². The van der Waals surface area contributed by atoms with Gasteiger partial charge < -0.3 is 28.7 Å². The number of imidazole rings is 1. The first-order valence-electron chi connectivity index (χ1n) is 9.29. The fraction of sp³-hybridized carbons (Fsp3) is 0.500. The van der Waals surface area contributed by atoms with Crippen LogP contribution in [0.4, 0.5) is 0 Å². The van der Waals surface area contributed by atoms with E-state index in [4.69, 9.17) is 35.9 Å². The minimum absolute atomic E-state index is 0.208. The van der Waals surface area contributed by atoms with Crippen LogP contribution in [0.5, 0.6) is 0 Å². The molecule has 0 bridgehead atoms. The van der Waals surface area contributed by atoms with E-state index in [1.807, 2.05) is 0 Å². The minimum Gasteiger partial charge on any atom is -0.466 e. The lowest BCUT2D eigenvalue weighted by atomic mass is 10.0. The zero-order valence-corrected chi connectivity index (χ0v) is 18.3. The van der Waals surface area contributed by atoms with Crippen LogP contribution in [0.15, 0.2) is 12.7 Å². The number of H-pyrrole nitrogens is 1. The molecule has 0 amide bonds. The van der Waals surface area contributed by atoms with Gasteiger partial charge in [0, 0.05) is 20.8 Å². The Hall–Kier alpha value is -3.39. The summed E-state index contributed by atoms with van der Waals surface area (Å²) in [4.78, 5) is 58.7. The molecule has 14 heteroatoms. The van der Waals surface area contributed by atoms with Crippen molar-refractivity contribution in [3.63, 3.8) is 0 Å². The van der Waals surface area contributed by atoms with E-state index in [0.717, 1.165) is 27.9 Å². The van der Waals surface area contributed by atoms with Crippen LogP contribution < -0.4 is 0 Å². The van der Waals surface area contributed by atoms with Gasteiger partial charge >= 0.3 is 23.9 Å². The van der Waals surface area contributed by atoms with Crippen molar-refractivity contribution in [2.75, 3.05) is 7.11 Å². The average Bonchev–Trinajstić information content (AvgIpc) is 3.28. The van der Waals surface area contributed by atoms with Crippen LogP contribution in [0.2, 0.25) is 0 Å². The maximum atomic E-state index is 12.4. The zero-order valence-electron chi connectivity index (χ0n) is 17.5. The quantitative estimate of drug-likeness (QED) is 0.352. The third-order valence-corrected chi connectivity index (χ3v) is 4.81. The summed E-state index contributed by atoms with van der Waals surface area (Å²) in [6.07, 6.45) is -3.99. The minimum atomic E-state index is -1.61. The third-order valence-electron chi connectivity index (χ3n) is 4.51. The Morgan fingerprint density at radius 1 is 1.09 bits per heavy atom. The van der Waals surface area contributed by atoms with Gasteiger partial charge in [-0.3, -0.25) is 19.0 Å². The fourth-order valence-electron chi connectivity index (χ4n) is 3.39. The van der Waals surface area contributed by atoms with E-state index in [1.54, 1.807) is 0 Å². The summed E-state index contributed by atoms with van der Waals surface area (Å²) in [5.41, 5.74) is 0.709. The first kappa shape index (κ1) is 23.3. The second kappa shape index (κ2) is 9.40. The van der Waals surface area contributed by atoms with Crippen molar-refractivity contribution in [2.45, 2.75) is 51.4 Å². The molecule has 3 heterocycles. The van der Waals surface area contributed by atoms with Crippen LogP contribution >= 0.6 is 12.2 Å². The number of esters is 4. The molecule has 0 aliphatic carbocycles. The monoisotopic (exact) mass is 468 g/mol. The molecule has 0 saturated carbocycles. The van der Waals surface area contributed by atoms with Gasteiger partial charge in [-0.2, -0.15) is 0 Å². The fourth-order valence-corrected chi connectivity index (χ4v) is 3.59.